The molecule has 190 valence electrons. The van der Waals surface area contributed by atoms with Gasteiger partial charge in [-0.3, -0.25) is 14.6 Å². The van der Waals surface area contributed by atoms with Gasteiger partial charge in [0.2, 0.25) is 0 Å². The van der Waals surface area contributed by atoms with Crippen LogP contribution in [0.4, 0.5) is 4.79 Å². The van der Waals surface area contributed by atoms with Crippen molar-refractivity contribution in [3.8, 4) is 5.75 Å². The van der Waals surface area contributed by atoms with Gasteiger partial charge in [-0.2, -0.15) is 0 Å². The van der Waals surface area contributed by atoms with Gasteiger partial charge in [0.05, 0.1) is 30.4 Å². The molecule has 0 aliphatic carbocycles. The van der Waals surface area contributed by atoms with Crippen molar-refractivity contribution in [3.63, 3.8) is 0 Å². The molecule has 1 spiro atoms. The lowest BCUT2D eigenvalue weighted by Crippen LogP contribution is -2.56. The van der Waals surface area contributed by atoms with E-state index in [1.807, 2.05) is 47.4 Å². The molecule has 36 heavy (non-hydrogen) atoms. The number of nitrogens with zero attached hydrogens (tertiary/aromatic N) is 4. The summed E-state index contributed by atoms with van der Waals surface area (Å²) in [7, 11) is 1.62. The second-order valence-electron chi connectivity index (χ2n) is 10.2. The molecule has 1 aromatic heterocycles. The first-order valence-corrected chi connectivity index (χ1v) is 13.5. The average molecular weight is 507 g/mol. The van der Waals surface area contributed by atoms with Crippen LogP contribution in [-0.4, -0.2) is 63.9 Å². The third kappa shape index (κ3) is 4.72. The average Bonchev–Trinajstić information content (AvgIpc) is 3.37. The van der Waals surface area contributed by atoms with E-state index in [4.69, 9.17) is 9.72 Å². The zero-order valence-corrected chi connectivity index (χ0v) is 22.1. The number of thiazole rings is 1. The van der Waals surface area contributed by atoms with Crippen molar-refractivity contribution in [3.05, 3.63) is 59.1 Å². The maximum absolute atomic E-state index is 13.9. The summed E-state index contributed by atoms with van der Waals surface area (Å²) in [6, 6.07) is 15.6. The summed E-state index contributed by atoms with van der Waals surface area (Å²) in [6.07, 6.45) is 2.17. The highest BCUT2D eigenvalue weighted by Gasteiger charge is 2.57. The Morgan fingerprint density at radius 2 is 1.83 bits per heavy atom. The molecule has 3 heterocycles. The molecule has 0 N–H and O–H groups in total. The maximum Gasteiger partial charge on any atom is 0.327 e. The molecule has 0 radical (unpaired) electrons. The lowest BCUT2D eigenvalue weighted by atomic mass is 9.85. The van der Waals surface area contributed by atoms with Crippen molar-refractivity contribution >= 4 is 33.5 Å². The molecule has 3 amide bonds. The smallest absolute Gasteiger partial charge is 0.327 e. The Hall–Kier alpha value is -2.97. The number of carbonyl (C=O) groups is 2. The molecular weight excluding hydrogens is 472 g/mol. The van der Waals surface area contributed by atoms with Gasteiger partial charge >= 0.3 is 6.03 Å². The van der Waals surface area contributed by atoms with Crippen LogP contribution in [0.3, 0.4) is 0 Å². The van der Waals surface area contributed by atoms with Crippen molar-refractivity contribution in [2.75, 3.05) is 26.7 Å². The number of aromatic nitrogens is 1. The van der Waals surface area contributed by atoms with E-state index in [1.165, 1.54) is 9.60 Å². The molecule has 2 aliphatic heterocycles. The highest BCUT2D eigenvalue weighted by atomic mass is 32.1. The predicted octanol–water partition coefficient (Wildman–Crippen LogP) is 5.15. The highest BCUT2D eigenvalue weighted by molar-refractivity contribution is 7.18. The summed E-state index contributed by atoms with van der Waals surface area (Å²) < 4.78 is 6.54. The lowest BCUT2D eigenvalue weighted by molar-refractivity contribution is -0.136. The molecule has 0 atom stereocenters. The number of hydrogen-bond donors (Lipinski definition) is 0. The lowest BCUT2D eigenvalue weighted by Gasteiger charge is -2.42. The van der Waals surface area contributed by atoms with E-state index in [0.717, 1.165) is 47.9 Å². The van der Waals surface area contributed by atoms with Crippen LogP contribution in [0.25, 0.3) is 10.2 Å². The number of carbonyl (C=O) groups excluding carboxylic acids is 2. The molecule has 2 aliphatic rings. The Balaban J connectivity index is 1.33. The van der Waals surface area contributed by atoms with Crippen LogP contribution >= 0.6 is 11.3 Å². The summed E-state index contributed by atoms with van der Waals surface area (Å²) in [5, 5.41) is 1.09. The van der Waals surface area contributed by atoms with E-state index in [9.17, 15) is 9.59 Å². The third-order valence-corrected chi connectivity index (χ3v) is 8.43. The van der Waals surface area contributed by atoms with Crippen LogP contribution in [0.2, 0.25) is 0 Å². The molecule has 5 rings (SSSR count). The number of likely N-dealkylation sites (tertiary alicyclic amines) is 1. The molecule has 2 saturated heterocycles. The SMILES string of the molecule is COc1cccc(CN2C(=O)N(CCC(C)C)C3(CCN(Cc4nc5ccccc5s4)CC3)C2=O)c1. The summed E-state index contributed by atoms with van der Waals surface area (Å²) in [5.41, 5.74) is 1.18. The van der Waals surface area contributed by atoms with Crippen LogP contribution in [0.1, 0.15) is 43.7 Å². The minimum atomic E-state index is -0.755. The number of hydrogen-bond acceptors (Lipinski definition) is 6. The monoisotopic (exact) mass is 506 g/mol. The van der Waals surface area contributed by atoms with E-state index in [0.29, 0.717) is 25.3 Å². The Bertz CT molecular complexity index is 1220. The zero-order chi connectivity index (χ0) is 25.3. The largest absolute Gasteiger partial charge is 0.497 e. The molecule has 3 aromatic rings. The second-order valence-corrected chi connectivity index (χ2v) is 11.4. The number of rotatable bonds is 8. The van der Waals surface area contributed by atoms with Crippen LogP contribution in [0.5, 0.6) is 5.75 Å². The minimum absolute atomic E-state index is 0.0567. The zero-order valence-electron chi connectivity index (χ0n) is 21.3. The fraction of sp³-hybridized carbons (Fsp3) is 0.464. The molecule has 0 saturated carbocycles. The van der Waals surface area contributed by atoms with Gasteiger partial charge in [-0.25, -0.2) is 9.78 Å². The van der Waals surface area contributed by atoms with Crippen molar-refractivity contribution in [2.45, 2.75) is 51.7 Å². The third-order valence-electron chi connectivity index (χ3n) is 7.41. The van der Waals surface area contributed by atoms with E-state index in [-0.39, 0.29) is 18.5 Å². The van der Waals surface area contributed by atoms with E-state index in [1.54, 1.807) is 18.4 Å². The van der Waals surface area contributed by atoms with E-state index >= 15 is 0 Å². The van der Waals surface area contributed by atoms with E-state index in [2.05, 4.69) is 24.8 Å². The minimum Gasteiger partial charge on any atom is -0.497 e. The number of methoxy groups -OCH3 is 1. The first kappa shape index (κ1) is 24.7. The van der Waals surface area contributed by atoms with Gasteiger partial charge in [0.1, 0.15) is 16.3 Å². The maximum atomic E-state index is 13.9. The fourth-order valence-corrected chi connectivity index (χ4v) is 6.33. The van der Waals surface area contributed by atoms with Crippen molar-refractivity contribution < 1.29 is 14.3 Å². The molecule has 7 nitrogen and oxygen atoms in total. The summed E-state index contributed by atoms with van der Waals surface area (Å²) in [5.74, 6) is 1.12. The molecule has 2 fully saturated rings. The Kier molecular flexibility index (Phi) is 6.99. The second kappa shape index (κ2) is 10.2. The fourth-order valence-electron chi connectivity index (χ4n) is 5.32. The summed E-state index contributed by atoms with van der Waals surface area (Å²) in [6.45, 7) is 7.49. The number of amides is 3. The number of fused-ring (bicyclic) bond motifs is 1. The molecular formula is C28H34N4O3S. The highest BCUT2D eigenvalue weighted by Crippen LogP contribution is 2.39. The van der Waals surface area contributed by atoms with Crippen molar-refractivity contribution in [2.24, 2.45) is 5.92 Å². The standard InChI is InChI=1S/C28H34N4O3S/c1-20(2)11-14-32-27(34)31(18-21-7-6-8-22(17-21)35-3)26(33)28(32)12-15-30(16-13-28)19-25-29-23-9-4-5-10-24(23)36-25/h4-10,17,20H,11-16,18-19H2,1-3H3. The number of urea groups is 1. The van der Waals surface area contributed by atoms with Gasteiger partial charge < -0.3 is 9.64 Å². The number of piperidine rings is 1. The van der Waals surface area contributed by atoms with Gasteiger partial charge in [0.15, 0.2) is 0 Å². The van der Waals surface area contributed by atoms with Gasteiger partial charge in [-0.1, -0.05) is 38.1 Å². The predicted molar refractivity (Wildman–Crippen MR) is 142 cm³/mol. The molecule has 8 heteroatoms. The summed E-state index contributed by atoms with van der Waals surface area (Å²) in [4.78, 5) is 38.0. The van der Waals surface area contributed by atoms with Gasteiger partial charge in [-0.05, 0) is 55.0 Å². The van der Waals surface area contributed by atoms with E-state index < -0.39 is 5.54 Å². The Morgan fingerprint density at radius 3 is 2.56 bits per heavy atom. The van der Waals surface area contributed by atoms with Crippen molar-refractivity contribution in [1.29, 1.82) is 0 Å². The van der Waals surface area contributed by atoms with Crippen LogP contribution in [-0.2, 0) is 17.9 Å². The molecule has 0 unspecified atom stereocenters. The topological polar surface area (TPSA) is 66.0 Å². The quantitative estimate of drug-likeness (QED) is 0.395. The summed E-state index contributed by atoms with van der Waals surface area (Å²) >= 11 is 1.73. The van der Waals surface area contributed by atoms with Crippen LogP contribution in [0, 0.1) is 5.92 Å². The number of para-hydroxylation sites is 1. The molecule has 2 aromatic carbocycles. The van der Waals surface area contributed by atoms with Crippen LogP contribution < -0.4 is 4.74 Å². The normalized spacial score (nSPS) is 18.2. The number of imide groups is 1. The van der Waals surface area contributed by atoms with Gasteiger partial charge in [-0.15, -0.1) is 11.3 Å². The van der Waals surface area contributed by atoms with Crippen LogP contribution in [0.15, 0.2) is 48.5 Å². The number of ether oxygens (including phenoxy) is 1. The van der Waals surface area contributed by atoms with Crippen molar-refractivity contribution in [1.82, 2.24) is 19.7 Å². The number of benzene rings is 2. The first-order chi connectivity index (χ1) is 17.4. The molecule has 0 bridgehead atoms. The Labute approximate surface area is 216 Å². The first-order valence-electron chi connectivity index (χ1n) is 12.7. The Morgan fingerprint density at radius 1 is 1.06 bits per heavy atom. The van der Waals surface area contributed by atoms with Gasteiger partial charge in [0, 0.05) is 19.6 Å². The van der Waals surface area contributed by atoms with Gasteiger partial charge in [0.25, 0.3) is 5.91 Å².